The summed E-state index contributed by atoms with van der Waals surface area (Å²) in [7, 11) is 0. The number of carbonyl (C=O) groups is 4. The van der Waals surface area contributed by atoms with Crippen LogP contribution in [0, 0.1) is 0 Å². The molecule has 10 nitrogen and oxygen atoms in total. The van der Waals surface area contributed by atoms with Crippen LogP contribution in [-0.4, -0.2) is 64.9 Å². The Bertz CT molecular complexity index is 1030. The molecule has 2 aromatic carbocycles. The molecule has 1 saturated heterocycles. The van der Waals surface area contributed by atoms with Gasteiger partial charge in [0.25, 0.3) is 0 Å². The number of nitrogens with zero attached hydrogens (tertiary/aromatic N) is 2. The number of anilines is 1. The average molecular weight is 463 g/mol. The van der Waals surface area contributed by atoms with Gasteiger partial charge in [0.05, 0.1) is 6.54 Å². The number of halogens is 1. The summed E-state index contributed by atoms with van der Waals surface area (Å²) in [6.07, 6.45) is -0.940. The van der Waals surface area contributed by atoms with Gasteiger partial charge >= 0.3 is 23.9 Å². The molecule has 1 unspecified atom stereocenters. The minimum absolute atomic E-state index is 0.0122. The van der Waals surface area contributed by atoms with Crippen molar-refractivity contribution in [2.45, 2.75) is 12.8 Å². The van der Waals surface area contributed by atoms with E-state index in [4.69, 9.17) is 31.3 Å². The van der Waals surface area contributed by atoms with E-state index < -0.39 is 30.1 Å². The van der Waals surface area contributed by atoms with E-state index in [1.54, 1.807) is 23.1 Å². The minimum atomic E-state index is -1.74. The zero-order valence-electron chi connectivity index (χ0n) is 16.6. The molecule has 32 heavy (non-hydrogen) atoms. The predicted molar refractivity (Wildman–Crippen MR) is 111 cm³/mol. The lowest BCUT2D eigenvalue weighted by Gasteiger charge is -2.41. The summed E-state index contributed by atoms with van der Waals surface area (Å²) in [5, 5.41) is 18.3. The Morgan fingerprint density at radius 1 is 0.969 bits per heavy atom. The number of benzene rings is 2. The van der Waals surface area contributed by atoms with Crippen LogP contribution in [-0.2, 0) is 30.5 Å². The van der Waals surface area contributed by atoms with Crippen molar-refractivity contribution in [2.24, 2.45) is 0 Å². The standard InChI is InChI=1S/C21H19ClN2O8/c22-14-6-4-13(5-7-14)11-23-8-9-24(17(12-23)32-21(30)19(27)28)15-2-1-3-16(10-15)31-20(29)18(25)26/h1-7,10,17H,8-9,11-12H2,(H,25,26)(H,27,28). The Kier molecular flexibility index (Phi) is 7.29. The van der Waals surface area contributed by atoms with Crippen molar-refractivity contribution in [2.75, 3.05) is 24.5 Å². The van der Waals surface area contributed by atoms with Crippen LogP contribution < -0.4 is 9.64 Å². The van der Waals surface area contributed by atoms with Crippen molar-refractivity contribution in [1.29, 1.82) is 0 Å². The van der Waals surface area contributed by atoms with E-state index >= 15 is 0 Å². The molecular weight excluding hydrogens is 444 g/mol. The Labute approximate surface area is 187 Å². The quantitative estimate of drug-likeness (QED) is 0.383. The molecule has 0 spiro atoms. The summed E-state index contributed by atoms with van der Waals surface area (Å²) in [4.78, 5) is 48.5. The zero-order chi connectivity index (χ0) is 23.3. The van der Waals surface area contributed by atoms with E-state index in [0.29, 0.717) is 30.3 Å². The average Bonchev–Trinajstić information content (AvgIpc) is 2.75. The second-order valence-electron chi connectivity index (χ2n) is 6.91. The van der Waals surface area contributed by atoms with Crippen LogP contribution in [0.2, 0.25) is 5.02 Å². The number of ether oxygens (including phenoxy) is 2. The maximum absolute atomic E-state index is 11.8. The van der Waals surface area contributed by atoms with Gasteiger partial charge < -0.3 is 24.6 Å². The molecule has 1 atom stereocenters. The maximum Gasteiger partial charge on any atom is 0.422 e. The van der Waals surface area contributed by atoms with Crippen LogP contribution in [0.15, 0.2) is 48.5 Å². The second-order valence-corrected chi connectivity index (χ2v) is 7.35. The van der Waals surface area contributed by atoms with Crippen LogP contribution >= 0.6 is 11.6 Å². The SMILES string of the molecule is O=C(O)C(=O)Oc1cccc(N2CCN(Cc3ccc(Cl)cc3)CC2OC(=O)C(=O)O)c1. The molecule has 0 saturated carbocycles. The van der Waals surface area contributed by atoms with E-state index in [0.717, 1.165) is 5.56 Å². The Hall–Kier alpha value is -3.63. The molecule has 2 N–H and O–H groups in total. The topological polar surface area (TPSA) is 134 Å². The molecular formula is C21H19ClN2O8. The van der Waals surface area contributed by atoms with Crippen LogP contribution in [0.1, 0.15) is 5.56 Å². The van der Waals surface area contributed by atoms with Gasteiger partial charge in [-0.25, -0.2) is 19.2 Å². The summed E-state index contributed by atoms with van der Waals surface area (Å²) in [6, 6.07) is 13.3. The first-order chi connectivity index (χ1) is 15.2. The predicted octanol–water partition coefficient (Wildman–Crippen LogP) is 1.61. The molecule has 2 aromatic rings. The normalized spacial score (nSPS) is 16.3. The Morgan fingerprint density at radius 3 is 2.31 bits per heavy atom. The van der Waals surface area contributed by atoms with E-state index in [9.17, 15) is 19.2 Å². The van der Waals surface area contributed by atoms with Crippen LogP contribution in [0.25, 0.3) is 0 Å². The number of hydrogen-bond acceptors (Lipinski definition) is 8. The fourth-order valence-corrected chi connectivity index (χ4v) is 3.37. The highest BCUT2D eigenvalue weighted by Crippen LogP contribution is 2.26. The van der Waals surface area contributed by atoms with Gasteiger partial charge in [0.1, 0.15) is 5.75 Å². The first-order valence-corrected chi connectivity index (χ1v) is 9.83. The van der Waals surface area contributed by atoms with E-state index in [1.807, 2.05) is 17.0 Å². The lowest BCUT2D eigenvalue weighted by Crippen LogP contribution is -2.55. The number of hydrogen-bond donors (Lipinski definition) is 2. The highest BCUT2D eigenvalue weighted by atomic mass is 35.5. The summed E-state index contributed by atoms with van der Waals surface area (Å²) in [5.41, 5.74) is 1.45. The monoisotopic (exact) mass is 462 g/mol. The van der Waals surface area contributed by atoms with Gasteiger partial charge in [-0.3, -0.25) is 4.90 Å². The largest absolute Gasteiger partial charge is 0.473 e. The van der Waals surface area contributed by atoms with Crippen LogP contribution in [0.4, 0.5) is 5.69 Å². The number of piperazine rings is 1. The number of carbonyl (C=O) groups excluding carboxylic acids is 2. The molecule has 168 valence electrons. The summed E-state index contributed by atoms with van der Waals surface area (Å²) >= 11 is 5.92. The molecule has 11 heteroatoms. The van der Waals surface area contributed by atoms with Gasteiger partial charge in [-0.1, -0.05) is 29.8 Å². The molecule has 0 aromatic heterocycles. The highest BCUT2D eigenvalue weighted by Gasteiger charge is 2.32. The van der Waals surface area contributed by atoms with Crippen molar-refractivity contribution in [3.8, 4) is 5.75 Å². The molecule has 0 aliphatic carbocycles. The summed E-state index contributed by atoms with van der Waals surface area (Å²) < 4.78 is 9.97. The fourth-order valence-electron chi connectivity index (χ4n) is 3.24. The Balaban J connectivity index is 1.79. The van der Waals surface area contributed by atoms with E-state index in [-0.39, 0.29) is 12.3 Å². The molecule has 1 aliphatic heterocycles. The third-order valence-electron chi connectivity index (χ3n) is 4.69. The fraction of sp³-hybridized carbons (Fsp3) is 0.238. The van der Waals surface area contributed by atoms with Crippen molar-refractivity contribution < 1.29 is 38.9 Å². The van der Waals surface area contributed by atoms with Crippen molar-refractivity contribution in [3.63, 3.8) is 0 Å². The maximum atomic E-state index is 11.8. The number of carboxylic acids is 2. The van der Waals surface area contributed by atoms with Gasteiger partial charge in [0.15, 0.2) is 6.23 Å². The van der Waals surface area contributed by atoms with Gasteiger partial charge in [0.2, 0.25) is 0 Å². The highest BCUT2D eigenvalue weighted by molar-refractivity contribution is 6.30. The number of esters is 2. The second kappa shape index (κ2) is 10.1. The van der Waals surface area contributed by atoms with E-state index in [1.165, 1.54) is 18.2 Å². The summed E-state index contributed by atoms with van der Waals surface area (Å²) in [5.74, 6) is -6.31. The van der Waals surface area contributed by atoms with Gasteiger partial charge in [-0.15, -0.1) is 0 Å². The van der Waals surface area contributed by atoms with E-state index in [2.05, 4.69) is 0 Å². The molecule has 0 radical (unpaired) electrons. The van der Waals surface area contributed by atoms with Crippen molar-refractivity contribution >= 4 is 41.2 Å². The smallest absolute Gasteiger partial charge is 0.422 e. The third kappa shape index (κ3) is 5.96. The molecule has 0 amide bonds. The lowest BCUT2D eigenvalue weighted by molar-refractivity contribution is -0.168. The number of carboxylic acid groups (broad SMARTS) is 2. The Morgan fingerprint density at radius 2 is 1.66 bits per heavy atom. The van der Waals surface area contributed by atoms with Crippen LogP contribution in [0.3, 0.4) is 0 Å². The van der Waals surface area contributed by atoms with Gasteiger partial charge in [0, 0.05) is 36.4 Å². The molecule has 0 bridgehead atoms. The van der Waals surface area contributed by atoms with Crippen LogP contribution in [0.5, 0.6) is 5.75 Å². The molecule has 1 aliphatic rings. The first-order valence-electron chi connectivity index (χ1n) is 9.45. The van der Waals surface area contributed by atoms with Crippen molar-refractivity contribution in [3.05, 3.63) is 59.1 Å². The lowest BCUT2D eigenvalue weighted by atomic mass is 10.1. The van der Waals surface area contributed by atoms with Gasteiger partial charge in [-0.05, 0) is 29.8 Å². The molecule has 1 heterocycles. The number of aliphatic carboxylic acids is 2. The molecule has 1 fully saturated rings. The molecule has 3 rings (SSSR count). The zero-order valence-corrected chi connectivity index (χ0v) is 17.4. The summed E-state index contributed by atoms with van der Waals surface area (Å²) in [6.45, 7) is 1.66. The number of rotatable bonds is 5. The first kappa shape index (κ1) is 23.0. The minimum Gasteiger partial charge on any atom is -0.473 e. The third-order valence-corrected chi connectivity index (χ3v) is 4.94. The van der Waals surface area contributed by atoms with Gasteiger partial charge in [-0.2, -0.15) is 0 Å². The van der Waals surface area contributed by atoms with Crippen molar-refractivity contribution in [1.82, 2.24) is 4.90 Å².